The lowest BCUT2D eigenvalue weighted by atomic mass is 10.2. The monoisotopic (exact) mass is 353 g/mol. The molecule has 0 saturated carbocycles. The Hall–Kier alpha value is -3.29. The van der Waals surface area contributed by atoms with E-state index in [0.29, 0.717) is 11.3 Å². The van der Waals surface area contributed by atoms with Gasteiger partial charge in [0.2, 0.25) is 0 Å². The first-order valence-electron chi connectivity index (χ1n) is 8.29. The molecule has 8 heteroatoms. The Morgan fingerprint density at radius 3 is 2.50 bits per heavy atom. The molecule has 2 aromatic heterocycles. The molecule has 3 heterocycles. The molecule has 132 valence electrons. The van der Waals surface area contributed by atoms with E-state index in [1.165, 1.54) is 29.4 Å². The van der Waals surface area contributed by atoms with E-state index in [9.17, 15) is 14.3 Å². The van der Waals surface area contributed by atoms with Gasteiger partial charge in [-0.05, 0) is 49.2 Å². The van der Waals surface area contributed by atoms with E-state index in [-0.39, 0.29) is 11.5 Å². The number of rotatable bonds is 4. The number of anilines is 1. The van der Waals surface area contributed by atoms with Gasteiger partial charge in [0, 0.05) is 25.0 Å². The molecule has 1 aliphatic heterocycles. The van der Waals surface area contributed by atoms with Crippen molar-refractivity contribution in [3.8, 4) is 0 Å². The second kappa shape index (κ2) is 6.55. The smallest absolute Gasteiger partial charge is 0.358 e. The molecule has 0 unspecified atom stereocenters. The van der Waals surface area contributed by atoms with Crippen molar-refractivity contribution in [1.82, 2.24) is 9.38 Å². The van der Waals surface area contributed by atoms with Crippen molar-refractivity contribution in [3.05, 3.63) is 54.1 Å². The fourth-order valence-electron chi connectivity index (χ4n) is 3.06. The average Bonchev–Trinajstić information content (AvgIpc) is 3.28. The lowest BCUT2D eigenvalue weighted by molar-refractivity contribution is 0.0692. The van der Waals surface area contributed by atoms with Crippen LogP contribution in [-0.2, 0) is 0 Å². The zero-order valence-electron chi connectivity index (χ0n) is 13.8. The minimum Gasteiger partial charge on any atom is -0.476 e. The van der Waals surface area contributed by atoms with Crippen LogP contribution in [0.4, 0.5) is 21.6 Å². The number of hydrogen-bond acceptors (Lipinski definition) is 5. The van der Waals surface area contributed by atoms with Crippen molar-refractivity contribution >= 4 is 28.8 Å². The Balaban J connectivity index is 1.66. The first-order valence-corrected chi connectivity index (χ1v) is 8.29. The molecular formula is C18H16FN5O2. The maximum absolute atomic E-state index is 13.5. The molecular weight excluding hydrogens is 337 g/mol. The van der Waals surface area contributed by atoms with Crippen LogP contribution >= 0.6 is 0 Å². The summed E-state index contributed by atoms with van der Waals surface area (Å²) in [5, 5.41) is 17.4. The van der Waals surface area contributed by atoms with Crippen LogP contribution in [0.3, 0.4) is 0 Å². The van der Waals surface area contributed by atoms with Gasteiger partial charge in [-0.1, -0.05) is 0 Å². The van der Waals surface area contributed by atoms with E-state index in [0.717, 1.165) is 25.0 Å². The zero-order chi connectivity index (χ0) is 18.1. The Labute approximate surface area is 148 Å². The Morgan fingerprint density at radius 2 is 1.81 bits per heavy atom. The van der Waals surface area contributed by atoms with Gasteiger partial charge in [0.05, 0.1) is 5.69 Å². The number of carboxylic acid groups (broad SMARTS) is 1. The Kier molecular flexibility index (Phi) is 4.08. The summed E-state index contributed by atoms with van der Waals surface area (Å²) in [6, 6.07) is 10.2. The van der Waals surface area contributed by atoms with Crippen molar-refractivity contribution in [2.45, 2.75) is 12.8 Å². The van der Waals surface area contributed by atoms with E-state index in [2.05, 4.69) is 20.1 Å². The van der Waals surface area contributed by atoms with Gasteiger partial charge in [0.1, 0.15) is 11.5 Å². The molecule has 0 amide bonds. The van der Waals surface area contributed by atoms with E-state index in [1.54, 1.807) is 0 Å². The van der Waals surface area contributed by atoms with Gasteiger partial charge < -0.3 is 10.0 Å². The molecule has 1 fully saturated rings. The number of nitrogens with zero attached hydrogens (tertiary/aromatic N) is 5. The second-order valence-electron chi connectivity index (χ2n) is 6.08. The number of fused-ring (bicyclic) bond motifs is 1. The number of hydrogen-bond donors (Lipinski definition) is 1. The summed E-state index contributed by atoms with van der Waals surface area (Å²) in [6.45, 7) is 2.10. The fraction of sp³-hybridized carbons (Fsp3) is 0.222. The first-order chi connectivity index (χ1) is 12.6. The third-order valence-corrected chi connectivity index (χ3v) is 4.34. The maximum atomic E-state index is 13.5. The number of aromatic carboxylic acids is 1. The third-order valence-electron chi connectivity index (χ3n) is 4.34. The fourth-order valence-corrected chi connectivity index (χ4v) is 3.06. The quantitative estimate of drug-likeness (QED) is 0.713. The number of pyridine rings is 1. The summed E-state index contributed by atoms with van der Waals surface area (Å²) in [5.41, 5.74) is 1.73. The number of carbonyl (C=O) groups is 1. The van der Waals surface area contributed by atoms with E-state index < -0.39 is 11.8 Å². The molecule has 7 nitrogen and oxygen atoms in total. The molecule has 0 radical (unpaired) electrons. The predicted octanol–water partition coefficient (Wildman–Crippen LogP) is 4.19. The average molecular weight is 353 g/mol. The first kappa shape index (κ1) is 16.2. The molecule has 3 aromatic rings. The van der Waals surface area contributed by atoms with Gasteiger partial charge in [-0.15, -0.1) is 10.2 Å². The normalized spacial score (nSPS) is 14.6. The molecule has 4 rings (SSSR count). The summed E-state index contributed by atoms with van der Waals surface area (Å²) >= 11 is 0. The van der Waals surface area contributed by atoms with Crippen molar-refractivity contribution in [2.75, 3.05) is 18.0 Å². The standard InChI is InChI=1S/C18H16FN5O2/c19-12-3-8-15-20-16(18(25)26)17(24(15)11-12)22-21-13-4-6-14(7-5-13)23-9-1-2-10-23/h3-8,11H,1-2,9-10H2,(H,25,26). The van der Waals surface area contributed by atoms with Crippen LogP contribution in [0, 0.1) is 5.82 Å². The number of azo groups is 1. The number of carboxylic acids is 1. The third kappa shape index (κ3) is 3.01. The Morgan fingerprint density at radius 1 is 1.08 bits per heavy atom. The summed E-state index contributed by atoms with van der Waals surface area (Å²) in [7, 11) is 0. The van der Waals surface area contributed by atoms with Crippen LogP contribution in [0.5, 0.6) is 0 Å². The molecule has 1 N–H and O–H groups in total. The molecule has 0 aliphatic carbocycles. The van der Waals surface area contributed by atoms with Crippen LogP contribution in [-0.4, -0.2) is 33.6 Å². The van der Waals surface area contributed by atoms with Crippen molar-refractivity contribution in [1.29, 1.82) is 0 Å². The summed E-state index contributed by atoms with van der Waals surface area (Å²) in [4.78, 5) is 17.7. The summed E-state index contributed by atoms with van der Waals surface area (Å²) < 4.78 is 14.8. The number of halogens is 1. The SMILES string of the molecule is O=C(O)c1nc2ccc(F)cn2c1N=Nc1ccc(N2CCCC2)cc1. The van der Waals surface area contributed by atoms with Gasteiger partial charge in [-0.25, -0.2) is 14.2 Å². The molecule has 0 spiro atoms. The number of benzene rings is 1. The van der Waals surface area contributed by atoms with Crippen LogP contribution in [0.15, 0.2) is 52.8 Å². The van der Waals surface area contributed by atoms with Crippen molar-refractivity contribution in [2.24, 2.45) is 10.2 Å². The highest BCUT2D eigenvalue weighted by Crippen LogP contribution is 2.27. The highest BCUT2D eigenvalue weighted by atomic mass is 19.1. The second-order valence-corrected chi connectivity index (χ2v) is 6.08. The topological polar surface area (TPSA) is 82.6 Å². The van der Waals surface area contributed by atoms with Gasteiger partial charge in [0.25, 0.3) is 0 Å². The zero-order valence-corrected chi connectivity index (χ0v) is 13.8. The highest BCUT2D eigenvalue weighted by molar-refractivity contribution is 5.91. The van der Waals surface area contributed by atoms with Crippen molar-refractivity contribution < 1.29 is 14.3 Å². The molecule has 0 atom stereocenters. The van der Waals surface area contributed by atoms with Gasteiger partial charge in [0.15, 0.2) is 11.5 Å². The summed E-state index contributed by atoms with van der Waals surface area (Å²) in [5.74, 6) is -1.78. The number of aromatic nitrogens is 2. The van der Waals surface area contributed by atoms with Crippen LogP contribution in [0.1, 0.15) is 23.3 Å². The highest BCUT2D eigenvalue weighted by Gasteiger charge is 2.18. The largest absolute Gasteiger partial charge is 0.476 e. The van der Waals surface area contributed by atoms with Crippen LogP contribution < -0.4 is 4.90 Å². The minimum absolute atomic E-state index is 0.0179. The predicted molar refractivity (Wildman–Crippen MR) is 94.2 cm³/mol. The molecule has 26 heavy (non-hydrogen) atoms. The van der Waals surface area contributed by atoms with E-state index in [4.69, 9.17) is 0 Å². The number of imidazole rings is 1. The van der Waals surface area contributed by atoms with Gasteiger partial charge in [-0.3, -0.25) is 4.40 Å². The molecule has 0 bridgehead atoms. The molecule has 1 aromatic carbocycles. The van der Waals surface area contributed by atoms with E-state index in [1.807, 2.05) is 24.3 Å². The molecule has 1 aliphatic rings. The van der Waals surface area contributed by atoms with E-state index >= 15 is 0 Å². The lowest BCUT2D eigenvalue weighted by Crippen LogP contribution is -2.17. The maximum Gasteiger partial charge on any atom is 0.358 e. The minimum atomic E-state index is -1.24. The van der Waals surface area contributed by atoms with Gasteiger partial charge >= 0.3 is 5.97 Å². The van der Waals surface area contributed by atoms with Crippen LogP contribution in [0.25, 0.3) is 5.65 Å². The molecule has 1 saturated heterocycles. The van der Waals surface area contributed by atoms with Gasteiger partial charge in [-0.2, -0.15) is 0 Å². The Bertz CT molecular complexity index is 991. The lowest BCUT2D eigenvalue weighted by Gasteiger charge is -2.17. The summed E-state index contributed by atoms with van der Waals surface area (Å²) in [6.07, 6.45) is 3.54. The van der Waals surface area contributed by atoms with Crippen LogP contribution in [0.2, 0.25) is 0 Å². The van der Waals surface area contributed by atoms with Crippen molar-refractivity contribution in [3.63, 3.8) is 0 Å².